The van der Waals surface area contributed by atoms with Gasteiger partial charge in [0.1, 0.15) is 0 Å². The van der Waals surface area contributed by atoms with Gasteiger partial charge in [-0.15, -0.1) is 0 Å². The Balaban J connectivity index is 2.12. The summed E-state index contributed by atoms with van der Waals surface area (Å²) in [5.41, 5.74) is 5.13. The van der Waals surface area contributed by atoms with Crippen molar-refractivity contribution < 1.29 is 4.79 Å². The summed E-state index contributed by atoms with van der Waals surface area (Å²) in [6.45, 7) is 3.58. The molecule has 1 heterocycles. The first-order chi connectivity index (χ1) is 9.02. The summed E-state index contributed by atoms with van der Waals surface area (Å²) < 4.78 is 0. The minimum absolute atomic E-state index is 0.116. The van der Waals surface area contributed by atoms with Gasteiger partial charge in [-0.25, -0.2) is 0 Å². The van der Waals surface area contributed by atoms with Gasteiger partial charge in [0.25, 0.3) is 5.91 Å². The maximum Gasteiger partial charge on any atom is 0.254 e. The molecule has 1 aliphatic heterocycles. The standard InChI is InChI=1S/C14H22N4O/c1-10-8-11(16-15)4-5-13(10)14(19)18-7-6-12(9-18)17(2)3/h4-5,8,12,16H,6-7,9,15H2,1-3H3. The van der Waals surface area contributed by atoms with Crippen LogP contribution in [0.2, 0.25) is 0 Å². The van der Waals surface area contributed by atoms with Crippen molar-refractivity contribution in [2.24, 2.45) is 5.84 Å². The van der Waals surface area contributed by atoms with E-state index in [9.17, 15) is 4.79 Å². The van der Waals surface area contributed by atoms with E-state index in [0.717, 1.165) is 36.3 Å². The molecule has 104 valence electrons. The zero-order valence-corrected chi connectivity index (χ0v) is 11.8. The van der Waals surface area contributed by atoms with Crippen LogP contribution < -0.4 is 11.3 Å². The summed E-state index contributed by atoms with van der Waals surface area (Å²) in [5, 5.41) is 0. The van der Waals surface area contributed by atoms with Crippen LogP contribution in [-0.2, 0) is 0 Å². The van der Waals surface area contributed by atoms with Gasteiger partial charge in [0.2, 0.25) is 0 Å². The molecular formula is C14H22N4O. The second-order valence-electron chi connectivity index (χ2n) is 5.33. The molecule has 1 unspecified atom stereocenters. The number of likely N-dealkylation sites (N-methyl/N-ethyl adjacent to an activating group) is 1. The van der Waals surface area contributed by atoms with Crippen LogP contribution in [0.4, 0.5) is 5.69 Å². The molecule has 1 aliphatic rings. The van der Waals surface area contributed by atoms with E-state index in [1.54, 1.807) is 0 Å². The van der Waals surface area contributed by atoms with E-state index in [4.69, 9.17) is 5.84 Å². The van der Waals surface area contributed by atoms with Crippen LogP contribution in [0.25, 0.3) is 0 Å². The second kappa shape index (κ2) is 5.59. The molecule has 0 bridgehead atoms. The summed E-state index contributed by atoms with van der Waals surface area (Å²) in [5.74, 6) is 5.48. The molecule has 0 aromatic heterocycles. The fourth-order valence-electron chi connectivity index (χ4n) is 2.51. The van der Waals surface area contributed by atoms with Gasteiger partial charge in [-0.3, -0.25) is 10.6 Å². The Morgan fingerprint density at radius 2 is 2.21 bits per heavy atom. The summed E-state index contributed by atoms with van der Waals surface area (Å²) >= 11 is 0. The van der Waals surface area contributed by atoms with Crippen molar-refractivity contribution in [1.82, 2.24) is 9.80 Å². The van der Waals surface area contributed by atoms with Crippen molar-refractivity contribution in [3.63, 3.8) is 0 Å². The Morgan fingerprint density at radius 3 is 2.74 bits per heavy atom. The van der Waals surface area contributed by atoms with Crippen molar-refractivity contribution in [2.45, 2.75) is 19.4 Å². The van der Waals surface area contributed by atoms with E-state index in [2.05, 4.69) is 24.4 Å². The second-order valence-corrected chi connectivity index (χ2v) is 5.33. The lowest BCUT2D eigenvalue weighted by atomic mass is 10.1. The number of carbonyl (C=O) groups excluding carboxylic acids is 1. The number of benzene rings is 1. The van der Waals surface area contributed by atoms with Gasteiger partial charge in [-0.2, -0.15) is 0 Å². The van der Waals surface area contributed by atoms with Crippen molar-refractivity contribution >= 4 is 11.6 Å². The molecule has 0 saturated carbocycles. The maximum atomic E-state index is 12.5. The monoisotopic (exact) mass is 262 g/mol. The Kier molecular flexibility index (Phi) is 4.07. The first-order valence-corrected chi connectivity index (χ1v) is 6.56. The molecule has 5 heteroatoms. The van der Waals surface area contributed by atoms with E-state index in [1.165, 1.54) is 0 Å². The molecule has 0 radical (unpaired) electrons. The number of likely N-dealkylation sites (tertiary alicyclic amines) is 1. The van der Waals surface area contributed by atoms with Crippen LogP contribution in [0.3, 0.4) is 0 Å². The molecule has 5 nitrogen and oxygen atoms in total. The number of nitrogens with one attached hydrogen (secondary N) is 1. The predicted octanol–water partition coefficient (Wildman–Crippen LogP) is 1.06. The van der Waals surface area contributed by atoms with Crippen molar-refractivity contribution in [2.75, 3.05) is 32.6 Å². The van der Waals surface area contributed by atoms with Crippen LogP contribution in [0.5, 0.6) is 0 Å². The molecule has 1 amide bonds. The maximum absolute atomic E-state index is 12.5. The number of nitrogens with zero attached hydrogens (tertiary/aromatic N) is 2. The number of nitrogens with two attached hydrogens (primary N) is 1. The molecule has 0 aliphatic carbocycles. The number of rotatable bonds is 3. The lowest BCUT2D eigenvalue weighted by Crippen LogP contribution is -2.34. The third-order valence-electron chi connectivity index (χ3n) is 3.80. The summed E-state index contributed by atoms with van der Waals surface area (Å²) in [7, 11) is 4.12. The van der Waals surface area contributed by atoms with Crippen LogP contribution in [0.15, 0.2) is 18.2 Å². The number of nitrogen functional groups attached to an aromatic ring is 1. The number of carbonyl (C=O) groups is 1. The van der Waals surface area contributed by atoms with Crippen LogP contribution in [-0.4, -0.2) is 48.9 Å². The summed E-state index contributed by atoms with van der Waals surface area (Å²) in [6.07, 6.45) is 1.04. The molecule has 1 saturated heterocycles. The number of hydrogen-bond donors (Lipinski definition) is 2. The van der Waals surface area contributed by atoms with E-state index in [0.29, 0.717) is 6.04 Å². The van der Waals surface area contributed by atoms with Gasteiger partial charge in [-0.1, -0.05) is 0 Å². The van der Waals surface area contributed by atoms with Gasteiger partial charge in [-0.05, 0) is 51.2 Å². The highest BCUT2D eigenvalue weighted by Crippen LogP contribution is 2.20. The lowest BCUT2D eigenvalue weighted by molar-refractivity contribution is 0.0782. The van der Waals surface area contributed by atoms with Crippen LogP contribution in [0.1, 0.15) is 22.3 Å². The van der Waals surface area contributed by atoms with Gasteiger partial charge in [0.15, 0.2) is 0 Å². The van der Waals surface area contributed by atoms with E-state index in [1.807, 2.05) is 30.0 Å². The molecule has 1 atom stereocenters. The quantitative estimate of drug-likeness (QED) is 0.631. The fraction of sp³-hybridized carbons (Fsp3) is 0.500. The van der Waals surface area contributed by atoms with Crippen LogP contribution in [0, 0.1) is 6.92 Å². The van der Waals surface area contributed by atoms with E-state index in [-0.39, 0.29) is 5.91 Å². The van der Waals surface area contributed by atoms with Crippen molar-refractivity contribution in [3.05, 3.63) is 29.3 Å². The number of amides is 1. The first kappa shape index (κ1) is 13.8. The zero-order valence-electron chi connectivity index (χ0n) is 11.8. The van der Waals surface area contributed by atoms with Gasteiger partial charge in [0, 0.05) is 30.4 Å². The number of hydrazine groups is 1. The lowest BCUT2D eigenvalue weighted by Gasteiger charge is -2.21. The highest BCUT2D eigenvalue weighted by atomic mass is 16.2. The highest BCUT2D eigenvalue weighted by molar-refractivity contribution is 5.96. The molecule has 1 aromatic carbocycles. The minimum atomic E-state index is 0.116. The fourth-order valence-corrected chi connectivity index (χ4v) is 2.51. The SMILES string of the molecule is Cc1cc(NN)ccc1C(=O)N1CCC(N(C)C)C1. The summed E-state index contributed by atoms with van der Waals surface area (Å²) in [6, 6.07) is 6.04. The molecule has 1 fully saturated rings. The molecule has 19 heavy (non-hydrogen) atoms. The van der Waals surface area contributed by atoms with Crippen molar-refractivity contribution in [1.29, 1.82) is 0 Å². The Hall–Kier alpha value is -1.59. The smallest absolute Gasteiger partial charge is 0.254 e. The molecule has 3 N–H and O–H groups in total. The average molecular weight is 262 g/mol. The first-order valence-electron chi connectivity index (χ1n) is 6.56. The topological polar surface area (TPSA) is 61.6 Å². The van der Waals surface area contributed by atoms with E-state index >= 15 is 0 Å². The number of aryl methyl sites for hydroxylation is 1. The third-order valence-corrected chi connectivity index (χ3v) is 3.80. The van der Waals surface area contributed by atoms with Gasteiger partial charge >= 0.3 is 0 Å². The average Bonchev–Trinajstić information content (AvgIpc) is 2.87. The number of hydrogen-bond acceptors (Lipinski definition) is 4. The largest absolute Gasteiger partial charge is 0.337 e. The van der Waals surface area contributed by atoms with Crippen LogP contribution >= 0.6 is 0 Å². The number of anilines is 1. The van der Waals surface area contributed by atoms with Gasteiger partial charge < -0.3 is 15.2 Å². The summed E-state index contributed by atoms with van der Waals surface area (Å²) in [4.78, 5) is 16.6. The van der Waals surface area contributed by atoms with Gasteiger partial charge in [0.05, 0.1) is 0 Å². The molecule has 0 spiro atoms. The Labute approximate surface area is 114 Å². The van der Waals surface area contributed by atoms with E-state index < -0.39 is 0 Å². The highest BCUT2D eigenvalue weighted by Gasteiger charge is 2.28. The third kappa shape index (κ3) is 2.88. The molecule has 1 aromatic rings. The molecule has 2 rings (SSSR count). The Morgan fingerprint density at radius 1 is 1.47 bits per heavy atom. The van der Waals surface area contributed by atoms with Crippen molar-refractivity contribution in [3.8, 4) is 0 Å². The minimum Gasteiger partial charge on any atom is -0.337 e. The normalized spacial score (nSPS) is 19.0. The predicted molar refractivity (Wildman–Crippen MR) is 77.0 cm³/mol. The molecular weight excluding hydrogens is 240 g/mol. The zero-order chi connectivity index (χ0) is 14.0. The Bertz CT molecular complexity index is 473.